The fraction of sp³-hybridized carbons (Fsp3) is 0.0652. The average molecular weight is 630 g/mol. The molecule has 1 aromatic heterocycles. The molecule has 0 saturated heterocycles. The number of fused-ring (bicyclic) bond motifs is 7. The molecule has 1 nitrogen and oxygen atoms in total. The van der Waals surface area contributed by atoms with E-state index in [1.165, 1.54) is 87.1 Å². The predicted molar refractivity (Wildman–Crippen MR) is 206 cm³/mol. The summed E-state index contributed by atoms with van der Waals surface area (Å²) < 4.78 is 1.21. The summed E-state index contributed by atoms with van der Waals surface area (Å²) in [6, 6.07) is 56.0. The van der Waals surface area contributed by atoms with Crippen molar-refractivity contribution >= 4 is 53.9 Å². The molecule has 0 fully saturated rings. The summed E-state index contributed by atoms with van der Waals surface area (Å²) in [6.07, 6.45) is 0. The van der Waals surface area contributed by atoms with E-state index in [9.17, 15) is 0 Å². The van der Waals surface area contributed by atoms with Crippen molar-refractivity contribution in [2.75, 3.05) is 0 Å². The van der Waals surface area contributed by atoms with E-state index < -0.39 is 0 Å². The molecule has 0 unspecified atom stereocenters. The third-order valence-electron chi connectivity index (χ3n) is 10.5. The number of hydrogen-bond acceptors (Lipinski definition) is 2. The first kappa shape index (κ1) is 27.5. The average Bonchev–Trinajstić information content (AvgIpc) is 3.66. The molecule has 10 rings (SSSR count). The molecule has 8 aromatic carbocycles. The largest absolute Gasteiger partial charge is 0.236 e. The number of hydrogen-bond donors (Lipinski definition) is 0. The first-order chi connectivity index (χ1) is 23.5. The first-order valence-electron chi connectivity index (χ1n) is 16.6. The molecule has 0 radical (unpaired) electrons. The van der Waals surface area contributed by atoms with E-state index in [-0.39, 0.29) is 5.41 Å². The Morgan fingerprint density at radius 3 is 1.98 bits per heavy atom. The van der Waals surface area contributed by atoms with Crippen LogP contribution in [-0.2, 0) is 5.41 Å². The van der Waals surface area contributed by atoms with Gasteiger partial charge in [0.05, 0.1) is 10.2 Å². The second kappa shape index (κ2) is 10.2. The molecule has 0 atom stereocenters. The fourth-order valence-electron chi connectivity index (χ4n) is 8.12. The second-order valence-electron chi connectivity index (χ2n) is 13.5. The molecular formula is C46H31NS. The van der Waals surface area contributed by atoms with Gasteiger partial charge in [-0.05, 0) is 107 Å². The molecule has 1 heterocycles. The standard InChI is InChI=1S/C46H31NS/c1-46(2)39-16-8-7-13-33(39)37-27-32(22-24-40(37)46)43-34-14-5-6-15-35(34)44(45-47-41-17-9-10-18-42(41)48-45)36-23-21-31(26-38(36)43)30-20-19-28-11-3-4-12-29(28)25-30/h3-27H,1-2H3. The Morgan fingerprint density at radius 2 is 1.10 bits per heavy atom. The number of para-hydroxylation sites is 1. The van der Waals surface area contributed by atoms with E-state index in [4.69, 9.17) is 4.98 Å². The summed E-state index contributed by atoms with van der Waals surface area (Å²) in [6.45, 7) is 4.70. The van der Waals surface area contributed by atoms with Crippen LogP contribution in [0.4, 0.5) is 0 Å². The molecule has 0 bridgehead atoms. The van der Waals surface area contributed by atoms with Gasteiger partial charge >= 0.3 is 0 Å². The molecule has 2 heteroatoms. The van der Waals surface area contributed by atoms with Crippen LogP contribution in [0.3, 0.4) is 0 Å². The first-order valence-corrected chi connectivity index (χ1v) is 17.4. The molecule has 1 aliphatic rings. The van der Waals surface area contributed by atoms with Gasteiger partial charge in [-0.2, -0.15) is 0 Å². The van der Waals surface area contributed by atoms with Gasteiger partial charge < -0.3 is 0 Å². The second-order valence-corrected chi connectivity index (χ2v) is 14.6. The van der Waals surface area contributed by atoms with Crippen LogP contribution in [0.1, 0.15) is 25.0 Å². The number of aromatic nitrogens is 1. The van der Waals surface area contributed by atoms with Gasteiger partial charge in [-0.15, -0.1) is 11.3 Å². The van der Waals surface area contributed by atoms with Crippen molar-refractivity contribution in [1.29, 1.82) is 0 Å². The normalized spacial score (nSPS) is 13.4. The number of thiazole rings is 1. The Morgan fingerprint density at radius 1 is 0.458 bits per heavy atom. The van der Waals surface area contributed by atoms with Crippen molar-refractivity contribution in [3.05, 3.63) is 163 Å². The van der Waals surface area contributed by atoms with Crippen LogP contribution in [0.5, 0.6) is 0 Å². The third-order valence-corrected chi connectivity index (χ3v) is 11.5. The number of nitrogens with zero attached hydrogens (tertiary/aromatic N) is 1. The van der Waals surface area contributed by atoms with Crippen molar-refractivity contribution in [3.8, 4) is 44.0 Å². The van der Waals surface area contributed by atoms with E-state index in [1.54, 1.807) is 11.3 Å². The highest BCUT2D eigenvalue weighted by Gasteiger charge is 2.35. The van der Waals surface area contributed by atoms with Crippen molar-refractivity contribution in [2.45, 2.75) is 19.3 Å². The van der Waals surface area contributed by atoms with Gasteiger partial charge in [-0.25, -0.2) is 4.98 Å². The lowest BCUT2D eigenvalue weighted by atomic mass is 9.81. The predicted octanol–water partition coefficient (Wildman–Crippen LogP) is 13.1. The molecule has 0 N–H and O–H groups in total. The monoisotopic (exact) mass is 629 g/mol. The fourth-order valence-corrected chi connectivity index (χ4v) is 9.16. The van der Waals surface area contributed by atoms with E-state index in [0.717, 1.165) is 10.5 Å². The molecule has 226 valence electrons. The summed E-state index contributed by atoms with van der Waals surface area (Å²) >= 11 is 1.78. The van der Waals surface area contributed by atoms with Crippen LogP contribution in [0.2, 0.25) is 0 Å². The van der Waals surface area contributed by atoms with Gasteiger partial charge in [0.15, 0.2) is 0 Å². The summed E-state index contributed by atoms with van der Waals surface area (Å²) in [5, 5.41) is 8.54. The molecule has 9 aromatic rings. The van der Waals surface area contributed by atoms with Crippen molar-refractivity contribution < 1.29 is 0 Å². The molecule has 0 amide bonds. The summed E-state index contributed by atoms with van der Waals surface area (Å²) in [4.78, 5) is 5.21. The van der Waals surface area contributed by atoms with Gasteiger partial charge in [0, 0.05) is 11.0 Å². The third kappa shape index (κ3) is 4.00. The maximum Gasteiger partial charge on any atom is 0.125 e. The molecule has 48 heavy (non-hydrogen) atoms. The molecule has 0 aliphatic heterocycles. The van der Waals surface area contributed by atoms with E-state index in [1.807, 2.05) is 0 Å². The molecular weight excluding hydrogens is 599 g/mol. The van der Waals surface area contributed by atoms with E-state index >= 15 is 0 Å². The number of rotatable bonds is 3. The minimum absolute atomic E-state index is 0.0332. The maximum absolute atomic E-state index is 5.21. The van der Waals surface area contributed by atoms with Gasteiger partial charge in [-0.1, -0.05) is 135 Å². The Kier molecular flexibility index (Phi) is 5.86. The number of benzene rings is 8. The lowest BCUT2D eigenvalue weighted by Gasteiger charge is -2.22. The lowest BCUT2D eigenvalue weighted by molar-refractivity contribution is 0.660. The van der Waals surface area contributed by atoms with Gasteiger partial charge in [0.25, 0.3) is 0 Å². The highest BCUT2D eigenvalue weighted by atomic mass is 32.1. The Labute approximate surface area is 283 Å². The van der Waals surface area contributed by atoms with Crippen molar-refractivity contribution in [1.82, 2.24) is 4.98 Å². The smallest absolute Gasteiger partial charge is 0.125 e. The van der Waals surface area contributed by atoms with Crippen LogP contribution in [0, 0.1) is 0 Å². The van der Waals surface area contributed by atoms with Crippen LogP contribution >= 0.6 is 11.3 Å². The van der Waals surface area contributed by atoms with Crippen LogP contribution in [-0.4, -0.2) is 4.98 Å². The van der Waals surface area contributed by atoms with Crippen molar-refractivity contribution in [2.24, 2.45) is 0 Å². The van der Waals surface area contributed by atoms with E-state index in [0.29, 0.717) is 0 Å². The van der Waals surface area contributed by atoms with E-state index in [2.05, 4.69) is 166 Å². The van der Waals surface area contributed by atoms with Crippen LogP contribution < -0.4 is 0 Å². The summed E-state index contributed by atoms with van der Waals surface area (Å²) in [5.41, 5.74) is 12.7. The topological polar surface area (TPSA) is 12.9 Å². The molecule has 0 saturated carbocycles. The highest BCUT2D eigenvalue weighted by Crippen LogP contribution is 2.52. The Hall–Kier alpha value is -5.57. The van der Waals surface area contributed by atoms with Crippen LogP contribution in [0.25, 0.3) is 86.5 Å². The Balaban J connectivity index is 1.30. The van der Waals surface area contributed by atoms with Gasteiger partial charge in [0.2, 0.25) is 0 Å². The van der Waals surface area contributed by atoms with Gasteiger partial charge in [-0.3, -0.25) is 0 Å². The zero-order valence-electron chi connectivity index (χ0n) is 26.8. The lowest BCUT2D eigenvalue weighted by Crippen LogP contribution is -2.14. The quantitative estimate of drug-likeness (QED) is 0.177. The summed E-state index contributed by atoms with van der Waals surface area (Å²) in [5.74, 6) is 0. The van der Waals surface area contributed by atoms with Gasteiger partial charge in [0.1, 0.15) is 5.01 Å². The summed E-state index contributed by atoms with van der Waals surface area (Å²) in [7, 11) is 0. The highest BCUT2D eigenvalue weighted by molar-refractivity contribution is 7.21. The molecule has 1 aliphatic carbocycles. The van der Waals surface area contributed by atoms with Crippen molar-refractivity contribution in [3.63, 3.8) is 0 Å². The van der Waals surface area contributed by atoms with Crippen LogP contribution in [0.15, 0.2) is 152 Å². The minimum Gasteiger partial charge on any atom is -0.236 e. The Bertz CT molecular complexity index is 2730. The zero-order valence-corrected chi connectivity index (χ0v) is 27.6. The maximum atomic E-state index is 5.21. The molecule has 0 spiro atoms. The minimum atomic E-state index is -0.0332. The SMILES string of the molecule is CC1(C)c2ccccc2-c2cc(-c3c4ccccc4c(-c4nc5ccccc5s4)c4ccc(-c5ccc6ccccc6c5)cc34)ccc21. The zero-order chi connectivity index (χ0) is 32.0.